The minimum absolute atomic E-state index is 0.0286. The van der Waals surface area contributed by atoms with E-state index >= 15 is 0 Å². The highest BCUT2D eigenvalue weighted by Crippen LogP contribution is 2.25. The van der Waals surface area contributed by atoms with E-state index in [1.807, 2.05) is 0 Å². The molecule has 2 aromatic heterocycles. The highest BCUT2D eigenvalue weighted by molar-refractivity contribution is 7.91. The maximum absolute atomic E-state index is 13.0. The van der Waals surface area contributed by atoms with E-state index in [1.165, 1.54) is 11.2 Å². The van der Waals surface area contributed by atoms with Crippen LogP contribution in [-0.2, 0) is 21.2 Å². The van der Waals surface area contributed by atoms with Crippen LogP contribution in [0.25, 0.3) is 11.7 Å². The van der Waals surface area contributed by atoms with E-state index in [2.05, 4.69) is 5.10 Å². The van der Waals surface area contributed by atoms with Gasteiger partial charge in [0, 0.05) is 5.69 Å². The normalized spacial score (nSPS) is 18.2. The van der Waals surface area contributed by atoms with E-state index in [1.54, 1.807) is 42.5 Å². The predicted molar refractivity (Wildman–Crippen MR) is 99.5 cm³/mol. The number of anilines is 1. The molecule has 3 heterocycles. The number of aromatic nitrogens is 2. The molecule has 0 N–H and O–H groups in total. The SMILES string of the molecule is O=C(Cn1nc(-c2ccco2)oc1=O)N(c1ccccc1)C1CCS(=O)(=O)C1. The number of carbonyl (C=O) groups excluding carboxylic acids is 1. The van der Waals surface area contributed by atoms with Crippen molar-refractivity contribution in [3.63, 3.8) is 0 Å². The molecule has 3 aromatic rings. The molecule has 1 aliphatic heterocycles. The Kier molecular flexibility index (Phi) is 4.63. The minimum atomic E-state index is -3.20. The zero-order chi connectivity index (χ0) is 19.7. The van der Waals surface area contributed by atoms with E-state index in [0.717, 1.165) is 4.68 Å². The lowest BCUT2D eigenvalue weighted by atomic mass is 10.2. The Labute approximate surface area is 160 Å². The zero-order valence-corrected chi connectivity index (χ0v) is 15.5. The van der Waals surface area contributed by atoms with Crippen LogP contribution in [0.3, 0.4) is 0 Å². The first-order valence-electron chi connectivity index (χ1n) is 8.62. The third-order valence-electron chi connectivity index (χ3n) is 4.50. The van der Waals surface area contributed by atoms with Crippen molar-refractivity contribution in [3.8, 4) is 11.7 Å². The van der Waals surface area contributed by atoms with E-state index in [0.29, 0.717) is 12.1 Å². The van der Waals surface area contributed by atoms with Crippen LogP contribution in [0, 0.1) is 0 Å². The Morgan fingerprint density at radius 3 is 2.64 bits per heavy atom. The molecule has 146 valence electrons. The highest BCUT2D eigenvalue weighted by atomic mass is 32.2. The summed E-state index contributed by atoms with van der Waals surface area (Å²) in [7, 11) is -3.20. The second kappa shape index (κ2) is 7.12. The maximum atomic E-state index is 13.0. The number of hydrogen-bond acceptors (Lipinski definition) is 7. The van der Waals surface area contributed by atoms with Crippen LogP contribution in [0.4, 0.5) is 5.69 Å². The number of nitrogens with zero attached hydrogens (tertiary/aromatic N) is 3. The van der Waals surface area contributed by atoms with Crippen LogP contribution >= 0.6 is 0 Å². The molecule has 28 heavy (non-hydrogen) atoms. The van der Waals surface area contributed by atoms with Gasteiger partial charge >= 0.3 is 5.76 Å². The second-order valence-corrected chi connectivity index (χ2v) is 8.69. The van der Waals surface area contributed by atoms with Crippen molar-refractivity contribution >= 4 is 21.4 Å². The van der Waals surface area contributed by atoms with Gasteiger partial charge < -0.3 is 13.7 Å². The lowest BCUT2D eigenvalue weighted by Crippen LogP contribution is -2.44. The molecule has 1 aromatic carbocycles. The van der Waals surface area contributed by atoms with Gasteiger partial charge in [-0.05, 0) is 30.7 Å². The van der Waals surface area contributed by atoms with Crippen LogP contribution in [0.1, 0.15) is 6.42 Å². The number of furan rings is 1. The largest absolute Gasteiger partial charge is 0.459 e. The van der Waals surface area contributed by atoms with Crippen molar-refractivity contribution in [1.29, 1.82) is 0 Å². The Morgan fingerprint density at radius 2 is 2.00 bits per heavy atom. The number of sulfone groups is 1. The third kappa shape index (κ3) is 3.63. The molecular weight excluding hydrogens is 386 g/mol. The monoisotopic (exact) mass is 403 g/mol. The molecule has 1 amide bonds. The molecule has 0 bridgehead atoms. The van der Waals surface area contributed by atoms with Crippen molar-refractivity contribution in [2.24, 2.45) is 0 Å². The summed E-state index contributed by atoms with van der Waals surface area (Å²) in [6.07, 6.45) is 1.76. The van der Waals surface area contributed by atoms with Crippen molar-refractivity contribution in [2.45, 2.75) is 19.0 Å². The Balaban J connectivity index is 1.62. The average molecular weight is 403 g/mol. The fourth-order valence-corrected chi connectivity index (χ4v) is 4.94. The van der Waals surface area contributed by atoms with Crippen LogP contribution in [0.5, 0.6) is 0 Å². The van der Waals surface area contributed by atoms with Crippen LogP contribution in [-0.4, -0.2) is 41.7 Å². The van der Waals surface area contributed by atoms with E-state index in [9.17, 15) is 18.0 Å². The van der Waals surface area contributed by atoms with Gasteiger partial charge in [-0.15, -0.1) is 5.10 Å². The molecule has 1 atom stereocenters. The van der Waals surface area contributed by atoms with Crippen LogP contribution < -0.4 is 10.7 Å². The van der Waals surface area contributed by atoms with Crippen LogP contribution in [0.15, 0.2) is 62.4 Å². The molecule has 1 aliphatic rings. The number of benzene rings is 1. The van der Waals surface area contributed by atoms with Gasteiger partial charge in [0.25, 0.3) is 5.89 Å². The van der Waals surface area contributed by atoms with Gasteiger partial charge in [0.05, 0.1) is 23.8 Å². The molecule has 1 unspecified atom stereocenters. The molecule has 1 saturated heterocycles. The maximum Gasteiger partial charge on any atom is 0.437 e. The lowest BCUT2D eigenvalue weighted by Gasteiger charge is -2.28. The summed E-state index contributed by atoms with van der Waals surface area (Å²) in [6, 6.07) is 11.5. The van der Waals surface area contributed by atoms with Crippen molar-refractivity contribution in [2.75, 3.05) is 16.4 Å². The van der Waals surface area contributed by atoms with Crippen molar-refractivity contribution < 1.29 is 22.0 Å². The van der Waals surface area contributed by atoms with E-state index < -0.39 is 27.5 Å². The molecule has 0 saturated carbocycles. The standard InChI is InChI=1S/C18H17N3O6S/c22-16(11-20-18(23)27-17(19-20)15-7-4-9-26-15)21(13-5-2-1-3-6-13)14-8-10-28(24,25)12-14/h1-7,9,14H,8,10-12H2. The second-order valence-electron chi connectivity index (χ2n) is 6.46. The molecule has 1 fully saturated rings. The van der Waals surface area contributed by atoms with Crippen LogP contribution in [0.2, 0.25) is 0 Å². The van der Waals surface area contributed by atoms with Crippen molar-refractivity contribution in [3.05, 3.63) is 59.3 Å². The van der Waals surface area contributed by atoms with E-state index in [-0.39, 0.29) is 29.7 Å². The van der Waals surface area contributed by atoms with Gasteiger partial charge in [-0.2, -0.15) is 4.68 Å². The first-order chi connectivity index (χ1) is 13.4. The number of para-hydroxylation sites is 1. The fourth-order valence-electron chi connectivity index (χ4n) is 3.24. The van der Waals surface area contributed by atoms with Gasteiger partial charge in [0.2, 0.25) is 5.91 Å². The molecule has 0 radical (unpaired) electrons. The summed E-state index contributed by atoms with van der Waals surface area (Å²) in [4.78, 5) is 26.5. The van der Waals surface area contributed by atoms with Gasteiger partial charge in [-0.3, -0.25) is 4.79 Å². The number of hydrogen-bond donors (Lipinski definition) is 0. The number of amides is 1. The lowest BCUT2D eigenvalue weighted by molar-refractivity contribution is -0.119. The molecule has 4 rings (SSSR count). The Morgan fingerprint density at radius 1 is 1.21 bits per heavy atom. The smallest absolute Gasteiger partial charge is 0.437 e. The molecule has 0 spiro atoms. The Bertz CT molecular complexity index is 1130. The summed E-state index contributed by atoms with van der Waals surface area (Å²) in [5.74, 6) is -1.09. The molecule has 9 nitrogen and oxygen atoms in total. The van der Waals surface area contributed by atoms with Gasteiger partial charge in [-0.25, -0.2) is 13.2 Å². The summed E-state index contributed by atoms with van der Waals surface area (Å²) in [5, 5.41) is 4.00. The van der Waals surface area contributed by atoms with E-state index in [4.69, 9.17) is 8.83 Å². The fraction of sp³-hybridized carbons (Fsp3) is 0.278. The summed E-state index contributed by atoms with van der Waals surface area (Å²) in [6.45, 7) is -0.380. The topological polar surface area (TPSA) is 116 Å². The summed E-state index contributed by atoms with van der Waals surface area (Å²) >= 11 is 0. The van der Waals surface area contributed by atoms with Crippen molar-refractivity contribution in [1.82, 2.24) is 9.78 Å². The van der Waals surface area contributed by atoms with Gasteiger partial charge in [0.15, 0.2) is 15.6 Å². The number of rotatable bonds is 5. The number of carbonyl (C=O) groups is 1. The third-order valence-corrected chi connectivity index (χ3v) is 6.25. The summed E-state index contributed by atoms with van der Waals surface area (Å²) in [5.41, 5.74) is 0.567. The molecule has 10 heteroatoms. The summed E-state index contributed by atoms with van der Waals surface area (Å²) < 4.78 is 34.9. The zero-order valence-electron chi connectivity index (χ0n) is 14.7. The quantitative estimate of drug-likeness (QED) is 0.631. The van der Waals surface area contributed by atoms with Gasteiger partial charge in [-0.1, -0.05) is 18.2 Å². The first-order valence-corrected chi connectivity index (χ1v) is 10.4. The molecular formula is C18H17N3O6S. The average Bonchev–Trinajstić information content (AvgIpc) is 3.38. The van der Waals surface area contributed by atoms with Gasteiger partial charge in [0.1, 0.15) is 6.54 Å². The molecule has 0 aliphatic carbocycles. The minimum Gasteiger partial charge on any atom is -0.459 e. The highest BCUT2D eigenvalue weighted by Gasteiger charge is 2.36. The Hall–Kier alpha value is -3.14. The first kappa shape index (κ1) is 18.2. The predicted octanol–water partition coefficient (Wildman–Crippen LogP) is 1.32.